The summed E-state index contributed by atoms with van der Waals surface area (Å²) in [6.07, 6.45) is 3.93. The van der Waals surface area contributed by atoms with Gasteiger partial charge in [0, 0.05) is 29.3 Å². The van der Waals surface area contributed by atoms with Gasteiger partial charge < -0.3 is 14.2 Å². The summed E-state index contributed by atoms with van der Waals surface area (Å²) in [5.74, 6) is 0.475. The molecule has 1 saturated heterocycles. The second-order valence-electron chi connectivity index (χ2n) is 9.80. The minimum absolute atomic E-state index is 0.193. The average molecular weight is 533 g/mol. The van der Waals surface area contributed by atoms with Gasteiger partial charge in [0.15, 0.2) is 17.1 Å². The molecule has 2 aromatic carbocycles. The van der Waals surface area contributed by atoms with E-state index in [-0.39, 0.29) is 5.56 Å². The Morgan fingerprint density at radius 1 is 0.949 bits per heavy atom. The number of hydrogen-bond donors (Lipinski definition) is 0. The molecule has 39 heavy (non-hydrogen) atoms. The van der Waals surface area contributed by atoms with Crippen molar-refractivity contribution in [1.82, 2.24) is 14.3 Å². The summed E-state index contributed by atoms with van der Waals surface area (Å²) in [6.45, 7) is 4.74. The van der Waals surface area contributed by atoms with Crippen LogP contribution < -0.4 is 14.2 Å². The summed E-state index contributed by atoms with van der Waals surface area (Å²) in [6, 6.07) is 11.0. The Labute approximate surface area is 226 Å². The maximum Gasteiger partial charge on any atom is 0.203 e. The lowest BCUT2D eigenvalue weighted by atomic mass is 9.96. The normalized spacial score (nSPS) is 14.4. The minimum Gasteiger partial charge on any atom is -0.493 e. The lowest BCUT2D eigenvalue weighted by Crippen LogP contribution is -2.32. The number of nitriles is 1. The zero-order valence-electron chi connectivity index (χ0n) is 22.4. The van der Waals surface area contributed by atoms with Gasteiger partial charge >= 0.3 is 0 Å². The Morgan fingerprint density at radius 3 is 2.31 bits per heavy atom. The van der Waals surface area contributed by atoms with Crippen LogP contribution in [-0.2, 0) is 6.54 Å². The number of likely N-dealkylation sites (tertiary alicyclic amines) is 1. The molecule has 7 nitrogen and oxygen atoms in total. The van der Waals surface area contributed by atoms with Crippen LogP contribution in [0.25, 0.3) is 28.0 Å². The highest BCUT2D eigenvalue weighted by Gasteiger charge is 2.26. The van der Waals surface area contributed by atoms with E-state index in [9.17, 15) is 9.65 Å². The fourth-order valence-corrected chi connectivity index (χ4v) is 5.32. The Kier molecular flexibility index (Phi) is 7.40. The van der Waals surface area contributed by atoms with E-state index < -0.39 is 11.6 Å². The molecule has 1 aliphatic rings. The van der Waals surface area contributed by atoms with Crippen molar-refractivity contribution in [2.24, 2.45) is 5.92 Å². The van der Waals surface area contributed by atoms with E-state index >= 15 is 4.39 Å². The molecule has 3 heterocycles. The molecule has 1 aliphatic heterocycles. The van der Waals surface area contributed by atoms with E-state index in [1.54, 1.807) is 24.4 Å². The van der Waals surface area contributed by atoms with Gasteiger partial charge in [-0.2, -0.15) is 5.26 Å². The maximum absolute atomic E-state index is 15.3. The number of benzene rings is 2. The molecule has 0 saturated carbocycles. The van der Waals surface area contributed by atoms with Crippen molar-refractivity contribution in [3.8, 4) is 45.7 Å². The van der Waals surface area contributed by atoms with Crippen LogP contribution in [-0.4, -0.2) is 48.7 Å². The van der Waals surface area contributed by atoms with E-state index in [0.29, 0.717) is 57.7 Å². The van der Waals surface area contributed by atoms with Gasteiger partial charge in [0.1, 0.15) is 23.3 Å². The Balaban J connectivity index is 1.79. The number of ether oxygens (including phenoxy) is 3. The first-order valence-electron chi connectivity index (χ1n) is 12.8. The second-order valence-corrected chi connectivity index (χ2v) is 9.80. The van der Waals surface area contributed by atoms with Crippen molar-refractivity contribution >= 4 is 5.65 Å². The van der Waals surface area contributed by atoms with Gasteiger partial charge in [-0.3, -0.25) is 9.30 Å². The van der Waals surface area contributed by atoms with E-state index in [1.165, 1.54) is 33.5 Å². The third kappa shape index (κ3) is 4.77. The van der Waals surface area contributed by atoms with Gasteiger partial charge in [-0.1, -0.05) is 6.92 Å². The Bertz CT molecular complexity index is 1570. The highest BCUT2D eigenvalue weighted by atomic mass is 19.1. The number of pyridine rings is 1. The van der Waals surface area contributed by atoms with E-state index in [2.05, 4.69) is 22.9 Å². The third-order valence-electron chi connectivity index (χ3n) is 7.42. The number of fused-ring (bicyclic) bond motifs is 1. The van der Waals surface area contributed by atoms with Crippen molar-refractivity contribution in [1.29, 1.82) is 5.26 Å². The molecule has 0 N–H and O–H groups in total. The van der Waals surface area contributed by atoms with Crippen LogP contribution in [0, 0.1) is 28.9 Å². The summed E-state index contributed by atoms with van der Waals surface area (Å²) >= 11 is 0. The molecule has 5 rings (SSSR count). The molecule has 0 radical (unpaired) electrons. The summed E-state index contributed by atoms with van der Waals surface area (Å²) in [4.78, 5) is 6.98. The molecule has 0 unspecified atom stereocenters. The number of piperidine rings is 1. The minimum atomic E-state index is -0.710. The van der Waals surface area contributed by atoms with Crippen molar-refractivity contribution in [3.63, 3.8) is 0 Å². The fourth-order valence-electron chi connectivity index (χ4n) is 5.32. The molecule has 202 valence electrons. The van der Waals surface area contributed by atoms with Gasteiger partial charge in [0.25, 0.3) is 0 Å². The standard InChI is InChI=1S/C30H30F2N4O3/c1-18-9-11-35(12-10-18)17-20-16-34-30-24(15-33)23(21-7-8-27(37-2)29(39-4)28(21)38-3)14-26(36(20)30)22-6-5-19(31)13-25(22)32/h5-8,13-14,16,18H,9-12,17H2,1-4H3. The molecule has 0 bridgehead atoms. The SMILES string of the molecule is COc1ccc(-c2cc(-c3ccc(F)cc3F)n3c(CN4CCC(C)CC4)cnc3c2C#N)c(OC)c1OC. The van der Waals surface area contributed by atoms with Crippen LogP contribution in [0.4, 0.5) is 8.78 Å². The van der Waals surface area contributed by atoms with Crippen molar-refractivity contribution < 1.29 is 23.0 Å². The van der Waals surface area contributed by atoms with Crippen LogP contribution in [0.3, 0.4) is 0 Å². The number of rotatable bonds is 7. The maximum atomic E-state index is 15.3. The summed E-state index contributed by atoms with van der Waals surface area (Å²) in [5, 5.41) is 10.3. The first-order valence-corrected chi connectivity index (χ1v) is 12.8. The molecule has 4 aromatic rings. The van der Waals surface area contributed by atoms with Crippen LogP contribution in [0.1, 0.15) is 31.0 Å². The number of halogens is 2. The molecule has 0 atom stereocenters. The van der Waals surface area contributed by atoms with Crippen LogP contribution in [0.2, 0.25) is 0 Å². The Morgan fingerprint density at radius 2 is 1.67 bits per heavy atom. The van der Waals surface area contributed by atoms with E-state index in [4.69, 9.17) is 14.2 Å². The lowest BCUT2D eigenvalue weighted by molar-refractivity contribution is 0.183. The summed E-state index contributed by atoms with van der Waals surface area (Å²) in [5.41, 5.74) is 3.17. The highest BCUT2D eigenvalue weighted by molar-refractivity contribution is 5.87. The highest BCUT2D eigenvalue weighted by Crippen LogP contribution is 2.46. The summed E-state index contributed by atoms with van der Waals surface area (Å²) in [7, 11) is 4.52. The molecule has 0 spiro atoms. The molecule has 0 aliphatic carbocycles. The van der Waals surface area contributed by atoms with Crippen LogP contribution in [0.15, 0.2) is 42.6 Å². The van der Waals surface area contributed by atoms with Crippen molar-refractivity contribution in [2.75, 3.05) is 34.4 Å². The first kappa shape index (κ1) is 26.4. The lowest BCUT2D eigenvalue weighted by Gasteiger charge is -2.30. The van der Waals surface area contributed by atoms with Crippen LogP contribution >= 0.6 is 0 Å². The van der Waals surface area contributed by atoms with Gasteiger partial charge in [-0.15, -0.1) is 0 Å². The van der Waals surface area contributed by atoms with E-state index in [1.807, 2.05) is 4.40 Å². The first-order chi connectivity index (χ1) is 18.9. The Hall–Kier alpha value is -4.16. The number of aromatic nitrogens is 2. The van der Waals surface area contributed by atoms with Crippen LogP contribution in [0.5, 0.6) is 17.2 Å². The van der Waals surface area contributed by atoms with Crippen molar-refractivity contribution in [2.45, 2.75) is 26.3 Å². The number of imidazole rings is 1. The van der Waals surface area contributed by atoms with Gasteiger partial charge in [0.05, 0.1) is 38.9 Å². The predicted octanol–water partition coefficient (Wildman–Crippen LogP) is 6.08. The number of methoxy groups -OCH3 is 3. The zero-order chi connectivity index (χ0) is 27.7. The molecule has 2 aromatic heterocycles. The van der Waals surface area contributed by atoms with Gasteiger partial charge in [-0.05, 0) is 62.2 Å². The third-order valence-corrected chi connectivity index (χ3v) is 7.42. The molecular formula is C30H30F2N4O3. The molecule has 1 fully saturated rings. The van der Waals surface area contributed by atoms with Crippen molar-refractivity contribution in [3.05, 3.63) is 65.5 Å². The largest absolute Gasteiger partial charge is 0.493 e. The molecule has 0 amide bonds. The van der Waals surface area contributed by atoms with E-state index in [0.717, 1.165) is 37.7 Å². The molecule has 9 heteroatoms. The summed E-state index contributed by atoms with van der Waals surface area (Å²) < 4.78 is 47.7. The average Bonchev–Trinajstić information content (AvgIpc) is 3.36. The van der Waals surface area contributed by atoms with Gasteiger partial charge in [0.2, 0.25) is 5.75 Å². The monoisotopic (exact) mass is 532 g/mol. The quantitative estimate of drug-likeness (QED) is 0.288. The number of hydrogen-bond acceptors (Lipinski definition) is 6. The smallest absolute Gasteiger partial charge is 0.203 e. The zero-order valence-corrected chi connectivity index (χ0v) is 22.4. The molecular weight excluding hydrogens is 502 g/mol. The second kappa shape index (κ2) is 10.9. The predicted molar refractivity (Wildman–Crippen MR) is 144 cm³/mol. The number of nitrogens with zero attached hydrogens (tertiary/aromatic N) is 4. The topological polar surface area (TPSA) is 72.0 Å². The fraction of sp³-hybridized carbons (Fsp3) is 0.333. The van der Waals surface area contributed by atoms with Gasteiger partial charge in [-0.25, -0.2) is 13.8 Å².